The Balaban J connectivity index is 1.98. The van der Waals surface area contributed by atoms with E-state index in [1.54, 1.807) is 0 Å². The molecule has 0 amide bonds. The van der Waals surface area contributed by atoms with Crippen LogP contribution in [0.3, 0.4) is 0 Å². The molecule has 0 saturated carbocycles. The van der Waals surface area contributed by atoms with Gasteiger partial charge >= 0.3 is 67.0 Å². The van der Waals surface area contributed by atoms with Gasteiger partial charge in [0.15, 0.2) is 0 Å². The van der Waals surface area contributed by atoms with Gasteiger partial charge in [0, 0.05) is 0 Å². The quantitative estimate of drug-likeness (QED) is 0.176. The van der Waals surface area contributed by atoms with Crippen molar-refractivity contribution in [1.29, 1.82) is 0 Å². The molecule has 0 saturated heterocycles. The maximum absolute atomic E-state index is 3.69. The van der Waals surface area contributed by atoms with Crippen molar-refractivity contribution in [3.05, 3.63) is 12.7 Å². The average Bonchev–Trinajstić information content (AvgIpc) is 1.76. The molecule has 0 N–H and O–H groups in total. The van der Waals surface area contributed by atoms with Crippen molar-refractivity contribution in [1.82, 2.24) is 0 Å². The van der Waals surface area contributed by atoms with Crippen LogP contribution in [0.5, 0.6) is 0 Å². The predicted octanol–water partition coefficient (Wildman–Crippen LogP) is -1.95. The minimum atomic E-state index is 0.349. The fraction of sp³-hybridized carbons (Fsp3) is 0.571. The van der Waals surface area contributed by atoms with Crippen LogP contribution in [-0.2, 0) is 0 Å². The molecule has 0 radical (unpaired) electrons. The number of hydrogen-bond acceptors (Lipinski definition) is 0. The van der Waals surface area contributed by atoms with Crippen LogP contribution in [0.1, 0.15) is 12.8 Å². The third-order valence-corrected chi connectivity index (χ3v) is 4.08. The standard InChI is InChI=1S/C7H12IN/c1-2-3-5-8-9-6-4-7-9/h2,6H,1,3-5,7H2. The molecule has 1 rings (SSSR count). The van der Waals surface area contributed by atoms with Crippen molar-refractivity contribution in [2.45, 2.75) is 12.8 Å². The van der Waals surface area contributed by atoms with E-state index in [1.165, 1.54) is 23.8 Å². The van der Waals surface area contributed by atoms with Gasteiger partial charge in [-0.2, -0.15) is 0 Å². The van der Waals surface area contributed by atoms with Gasteiger partial charge in [0.05, 0.1) is 0 Å². The van der Waals surface area contributed by atoms with Crippen molar-refractivity contribution in [2.75, 3.05) is 11.0 Å². The van der Waals surface area contributed by atoms with E-state index in [2.05, 4.69) is 15.6 Å². The molecular formula is C7H12IN. The van der Waals surface area contributed by atoms with Crippen molar-refractivity contribution in [3.63, 3.8) is 0 Å². The van der Waals surface area contributed by atoms with Gasteiger partial charge in [-0.3, -0.25) is 0 Å². The molecule has 0 aromatic heterocycles. The first kappa shape index (κ1) is 7.25. The van der Waals surface area contributed by atoms with E-state index in [4.69, 9.17) is 0 Å². The molecule has 0 spiro atoms. The van der Waals surface area contributed by atoms with E-state index < -0.39 is 0 Å². The number of hydrogen-bond donors (Lipinski definition) is 0. The molecule has 0 bridgehead atoms. The number of nitrogens with zero attached hydrogens (tertiary/aromatic N) is 1. The van der Waals surface area contributed by atoms with Gasteiger partial charge in [-0.1, -0.05) is 0 Å². The Bertz CT molecular complexity index is 129. The third kappa shape index (κ3) is 2.47. The van der Waals surface area contributed by atoms with Crippen molar-refractivity contribution >= 4 is 6.21 Å². The summed E-state index contributed by atoms with van der Waals surface area (Å²) < 4.78 is 3.85. The predicted molar refractivity (Wildman–Crippen MR) is 35.5 cm³/mol. The van der Waals surface area contributed by atoms with Crippen molar-refractivity contribution in [3.8, 4) is 0 Å². The molecule has 0 atom stereocenters. The number of allylic oxidation sites excluding steroid dienone is 1. The SMILES string of the molecule is C=CCC[I-][N+]1=CCC1. The van der Waals surface area contributed by atoms with E-state index in [9.17, 15) is 0 Å². The van der Waals surface area contributed by atoms with Gasteiger partial charge in [0.25, 0.3) is 0 Å². The van der Waals surface area contributed by atoms with Gasteiger partial charge in [0.2, 0.25) is 0 Å². The summed E-state index contributed by atoms with van der Waals surface area (Å²) >= 11 is 0.349. The second kappa shape index (κ2) is 4.04. The first-order valence-corrected chi connectivity index (χ1v) is 5.73. The van der Waals surface area contributed by atoms with Gasteiger partial charge < -0.3 is 0 Å². The van der Waals surface area contributed by atoms with Gasteiger partial charge in [-0.15, -0.1) is 0 Å². The van der Waals surface area contributed by atoms with E-state index in [1.807, 2.05) is 6.08 Å². The summed E-state index contributed by atoms with van der Waals surface area (Å²) in [6.45, 7) is 5.01. The van der Waals surface area contributed by atoms with Crippen LogP contribution >= 0.6 is 0 Å². The fourth-order valence-corrected chi connectivity index (χ4v) is 3.09. The summed E-state index contributed by atoms with van der Waals surface area (Å²) in [4.78, 5) is 0. The third-order valence-electron chi connectivity index (χ3n) is 1.22. The second-order valence-corrected chi connectivity index (χ2v) is 4.98. The zero-order valence-electron chi connectivity index (χ0n) is 5.52. The van der Waals surface area contributed by atoms with Crippen LogP contribution in [0, 0.1) is 0 Å². The van der Waals surface area contributed by atoms with Crippen LogP contribution in [0.4, 0.5) is 0 Å². The molecule has 2 heteroatoms. The summed E-state index contributed by atoms with van der Waals surface area (Å²) in [6, 6.07) is 0. The molecule has 9 heavy (non-hydrogen) atoms. The Morgan fingerprint density at radius 2 is 2.56 bits per heavy atom. The van der Waals surface area contributed by atoms with Crippen molar-refractivity contribution < 1.29 is 24.3 Å². The summed E-state index contributed by atoms with van der Waals surface area (Å²) in [5.41, 5.74) is 0. The Hall–Kier alpha value is 0.140. The van der Waals surface area contributed by atoms with Gasteiger partial charge in [-0.05, 0) is 0 Å². The molecule has 1 heterocycles. The van der Waals surface area contributed by atoms with Gasteiger partial charge in [0.1, 0.15) is 0 Å². The average molecular weight is 237 g/mol. The first-order valence-electron chi connectivity index (χ1n) is 3.24. The Morgan fingerprint density at radius 3 is 3.00 bits per heavy atom. The topological polar surface area (TPSA) is 3.01 Å². The number of rotatable bonds is 4. The fourth-order valence-electron chi connectivity index (χ4n) is 0.570. The van der Waals surface area contributed by atoms with E-state index in [0.29, 0.717) is 21.5 Å². The van der Waals surface area contributed by atoms with E-state index in [0.717, 1.165) is 0 Å². The maximum atomic E-state index is 3.69. The van der Waals surface area contributed by atoms with Gasteiger partial charge in [-0.25, -0.2) is 0 Å². The molecule has 0 fully saturated rings. The summed E-state index contributed by atoms with van der Waals surface area (Å²) in [5, 5.41) is 0. The zero-order valence-corrected chi connectivity index (χ0v) is 7.67. The van der Waals surface area contributed by atoms with Crippen LogP contribution in [0.2, 0.25) is 0 Å². The monoisotopic (exact) mass is 237 g/mol. The Kier molecular flexibility index (Phi) is 3.25. The molecule has 52 valence electrons. The zero-order chi connectivity index (χ0) is 6.53. The summed E-state index contributed by atoms with van der Waals surface area (Å²) in [6.07, 6.45) is 6.85. The minimum absolute atomic E-state index is 0.349. The van der Waals surface area contributed by atoms with Crippen LogP contribution in [0.25, 0.3) is 0 Å². The number of alkyl halides is 1. The summed E-state index contributed by atoms with van der Waals surface area (Å²) in [7, 11) is 0. The molecule has 1 aliphatic rings. The van der Waals surface area contributed by atoms with E-state index >= 15 is 0 Å². The van der Waals surface area contributed by atoms with Crippen LogP contribution in [-0.4, -0.2) is 20.0 Å². The van der Waals surface area contributed by atoms with Crippen molar-refractivity contribution in [2.24, 2.45) is 0 Å². The normalized spacial score (nSPS) is 16.7. The molecule has 0 aromatic rings. The molecule has 1 nitrogen and oxygen atoms in total. The summed E-state index contributed by atoms with van der Waals surface area (Å²) in [5.74, 6) is 0. The van der Waals surface area contributed by atoms with E-state index in [-0.39, 0.29) is 0 Å². The molecule has 0 aliphatic carbocycles. The number of halogens is 1. The Morgan fingerprint density at radius 1 is 1.78 bits per heavy atom. The molecular weight excluding hydrogens is 225 g/mol. The second-order valence-electron chi connectivity index (χ2n) is 1.98. The van der Waals surface area contributed by atoms with Crippen LogP contribution < -0.4 is 21.5 Å². The molecule has 1 aliphatic heterocycles. The Labute approximate surface area is 67.1 Å². The first-order chi connectivity index (χ1) is 4.43. The molecule has 0 aromatic carbocycles. The molecule has 0 unspecified atom stereocenters. The van der Waals surface area contributed by atoms with Crippen LogP contribution in [0.15, 0.2) is 12.7 Å².